The van der Waals surface area contributed by atoms with Crippen LogP contribution in [0.15, 0.2) is 88.9 Å². The average molecular weight is 399 g/mol. The van der Waals surface area contributed by atoms with Crippen molar-refractivity contribution in [2.75, 3.05) is 16.8 Å². The number of nitrogens with zero attached hydrogens (tertiary/aromatic N) is 1. The van der Waals surface area contributed by atoms with E-state index in [1.165, 1.54) is 11.8 Å². The third kappa shape index (κ3) is 5.18. The summed E-state index contributed by atoms with van der Waals surface area (Å²) < 4.78 is 24.7. The van der Waals surface area contributed by atoms with Crippen LogP contribution in [-0.4, -0.2) is 30.8 Å². The monoisotopic (exact) mass is 398 g/mol. The van der Waals surface area contributed by atoms with Crippen LogP contribution in [0.2, 0.25) is 0 Å². The number of aromatic nitrogens is 1. The van der Waals surface area contributed by atoms with E-state index in [0.717, 1.165) is 0 Å². The molecule has 5 nitrogen and oxygen atoms in total. The first-order valence-electron chi connectivity index (χ1n) is 8.28. The third-order valence-corrected chi connectivity index (χ3v) is 6.75. The fourth-order valence-corrected chi connectivity index (χ4v) is 5.00. The molecule has 0 aliphatic carbocycles. The first-order chi connectivity index (χ1) is 13.1. The summed E-state index contributed by atoms with van der Waals surface area (Å²) >= 11 is 1.30. The zero-order chi connectivity index (χ0) is 19.1. The summed E-state index contributed by atoms with van der Waals surface area (Å²) in [5.41, 5.74) is 1.11. The predicted octanol–water partition coefficient (Wildman–Crippen LogP) is 3.90. The van der Waals surface area contributed by atoms with Crippen LogP contribution in [0.3, 0.4) is 0 Å². The maximum atomic E-state index is 12.4. The topological polar surface area (TPSA) is 76.1 Å². The van der Waals surface area contributed by atoms with E-state index in [4.69, 9.17) is 0 Å². The average Bonchev–Trinajstić information content (AvgIpc) is 2.70. The van der Waals surface area contributed by atoms with Gasteiger partial charge in [-0.1, -0.05) is 36.4 Å². The van der Waals surface area contributed by atoms with Crippen LogP contribution in [-0.2, 0) is 9.84 Å². The van der Waals surface area contributed by atoms with Crippen molar-refractivity contribution in [3.05, 3.63) is 84.6 Å². The minimum Gasteiger partial charge on any atom is -0.320 e. The number of carbonyl (C=O) groups excluding carboxylic acids is 1. The lowest BCUT2D eigenvalue weighted by Gasteiger charge is -2.10. The molecule has 1 N–H and O–H groups in total. The Labute approximate surface area is 162 Å². The first-order valence-corrected chi connectivity index (χ1v) is 10.9. The molecule has 1 heterocycles. The van der Waals surface area contributed by atoms with Gasteiger partial charge in [0.05, 0.1) is 16.3 Å². The molecule has 0 bridgehead atoms. The van der Waals surface area contributed by atoms with Gasteiger partial charge in [0.25, 0.3) is 5.91 Å². The van der Waals surface area contributed by atoms with Crippen molar-refractivity contribution in [3.8, 4) is 0 Å². The molecule has 2 aromatic carbocycles. The second-order valence-electron chi connectivity index (χ2n) is 5.66. The van der Waals surface area contributed by atoms with E-state index >= 15 is 0 Å². The Morgan fingerprint density at radius 2 is 1.59 bits per heavy atom. The number of carbonyl (C=O) groups is 1. The minimum absolute atomic E-state index is 0.00960. The van der Waals surface area contributed by atoms with Gasteiger partial charge in [0, 0.05) is 17.5 Å². The van der Waals surface area contributed by atoms with Crippen molar-refractivity contribution in [3.63, 3.8) is 0 Å². The second-order valence-corrected chi connectivity index (χ2v) is 8.85. The van der Waals surface area contributed by atoms with Gasteiger partial charge in [0.2, 0.25) is 0 Å². The van der Waals surface area contributed by atoms with E-state index < -0.39 is 9.84 Å². The maximum absolute atomic E-state index is 12.4. The molecular weight excluding hydrogens is 380 g/mol. The maximum Gasteiger partial charge on any atom is 0.255 e. The summed E-state index contributed by atoms with van der Waals surface area (Å²) in [6.45, 7) is 0. The van der Waals surface area contributed by atoms with Crippen molar-refractivity contribution in [2.45, 2.75) is 9.92 Å². The number of benzene rings is 2. The highest BCUT2D eigenvalue weighted by Gasteiger charge is 2.15. The second kappa shape index (κ2) is 8.83. The predicted molar refractivity (Wildman–Crippen MR) is 108 cm³/mol. The molecule has 3 rings (SSSR count). The van der Waals surface area contributed by atoms with E-state index in [2.05, 4.69) is 10.3 Å². The largest absolute Gasteiger partial charge is 0.320 e. The van der Waals surface area contributed by atoms with Crippen LogP contribution in [0, 0.1) is 0 Å². The normalized spacial score (nSPS) is 11.1. The number of nitrogens with one attached hydrogen (secondary N) is 1. The van der Waals surface area contributed by atoms with Crippen molar-refractivity contribution in [1.82, 2.24) is 4.98 Å². The van der Waals surface area contributed by atoms with Crippen LogP contribution >= 0.6 is 11.8 Å². The quantitative estimate of drug-likeness (QED) is 0.611. The Bertz CT molecular complexity index is 1010. The van der Waals surface area contributed by atoms with E-state index in [9.17, 15) is 13.2 Å². The Balaban J connectivity index is 1.65. The van der Waals surface area contributed by atoms with Gasteiger partial charge in [-0.25, -0.2) is 13.4 Å². The molecule has 138 valence electrons. The van der Waals surface area contributed by atoms with Crippen LogP contribution in [0.25, 0.3) is 0 Å². The van der Waals surface area contributed by atoms with Crippen molar-refractivity contribution >= 4 is 33.2 Å². The molecule has 7 heteroatoms. The van der Waals surface area contributed by atoms with E-state index in [0.29, 0.717) is 26.9 Å². The smallest absolute Gasteiger partial charge is 0.255 e. The van der Waals surface area contributed by atoms with E-state index in [1.807, 2.05) is 6.07 Å². The molecule has 0 aliphatic heterocycles. The van der Waals surface area contributed by atoms with Gasteiger partial charge < -0.3 is 5.32 Å². The summed E-state index contributed by atoms with van der Waals surface area (Å²) in [6.07, 6.45) is 1.62. The first kappa shape index (κ1) is 19.1. The standard InChI is InChI=1S/C20H18N2O3S2/c23-19(16-8-3-1-4-9-16)22-18-12-7-13-21-20(18)26-14-15-27(24,25)17-10-5-2-6-11-17/h1-13H,14-15H2,(H,22,23). The number of rotatable bonds is 7. The zero-order valence-electron chi connectivity index (χ0n) is 14.4. The SMILES string of the molecule is O=C(Nc1cccnc1SCCS(=O)(=O)c1ccccc1)c1ccccc1. The number of amides is 1. The van der Waals surface area contributed by atoms with Gasteiger partial charge in [-0.05, 0) is 36.4 Å². The molecule has 0 saturated carbocycles. The van der Waals surface area contributed by atoms with Crippen LogP contribution in [0.5, 0.6) is 0 Å². The zero-order valence-corrected chi connectivity index (χ0v) is 16.0. The van der Waals surface area contributed by atoms with Crippen molar-refractivity contribution in [1.29, 1.82) is 0 Å². The number of thioether (sulfide) groups is 1. The molecule has 0 spiro atoms. The van der Waals surface area contributed by atoms with Crippen molar-refractivity contribution < 1.29 is 13.2 Å². The molecule has 1 aromatic heterocycles. The molecule has 27 heavy (non-hydrogen) atoms. The fraction of sp³-hybridized carbons (Fsp3) is 0.100. The van der Waals surface area contributed by atoms with Gasteiger partial charge in [-0.15, -0.1) is 11.8 Å². The molecule has 0 unspecified atom stereocenters. The molecule has 3 aromatic rings. The highest BCUT2D eigenvalue weighted by atomic mass is 32.2. The molecule has 0 aliphatic rings. The number of hydrogen-bond acceptors (Lipinski definition) is 5. The third-order valence-electron chi connectivity index (χ3n) is 3.75. The van der Waals surface area contributed by atoms with Crippen LogP contribution in [0.4, 0.5) is 5.69 Å². The minimum atomic E-state index is -3.35. The highest BCUT2D eigenvalue weighted by molar-refractivity contribution is 8.00. The number of sulfone groups is 1. The van der Waals surface area contributed by atoms with Gasteiger partial charge in [0.15, 0.2) is 9.84 Å². The summed E-state index contributed by atoms with van der Waals surface area (Å²) in [4.78, 5) is 16.9. The van der Waals surface area contributed by atoms with Crippen LogP contribution in [0.1, 0.15) is 10.4 Å². The van der Waals surface area contributed by atoms with Gasteiger partial charge in [-0.3, -0.25) is 4.79 Å². The van der Waals surface area contributed by atoms with Gasteiger partial charge in [0.1, 0.15) is 5.03 Å². The Kier molecular flexibility index (Phi) is 6.26. The highest BCUT2D eigenvalue weighted by Crippen LogP contribution is 2.26. The molecule has 1 amide bonds. The summed E-state index contributed by atoms with van der Waals surface area (Å²) in [7, 11) is -3.35. The molecule has 0 saturated heterocycles. The Hall–Kier alpha value is -2.64. The summed E-state index contributed by atoms with van der Waals surface area (Å²) in [5.74, 6) is 0.0922. The number of hydrogen-bond donors (Lipinski definition) is 1. The molecule has 0 fully saturated rings. The van der Waals surface area contributed by atoms with E-state index in [1.54, 1.807) is 72.9 Å². The fourth-order valence-electron chi connectivity index (χ4n) is 2.38. The number of pyridine rings is 1. The summed E-state index contributed by atoms with van der Waals surface area (Å²) in [5, 5.41) is 3.42. The van der Waals surface area contributed by atoms with Gasteiger partial charge >= 0.3 is 0 Å². The van der Waals surface area contributed by atoms with E-state index in [-0.39, 0.29) is 11.7 Å². The van der Waals surface area contributed by atoms with Crippen molar-refractivity contribution in [2.24, 2.45) is 0 Å². The summed E-state index contributed by atoms with van der Waals surface area (Å²) in [6, 6.07) is 20.7. The molecule has 0 radical (unpaired) electrons. The Morgan fingerprint density at radius 3 is 2.30 bits per heavy atom. The molecule has 0 atom stereocenters. The lowest BCUT2D eigenvalue weighted by Crippen LogP contribution is -2.13. The lowest BCUT2D eigenvalue weighted by atomic mass is 10.2. The van der Waals surface area contributed by atoms with Gasteiger partial charge in [-0.2, -0.15) is 0 Å². The lowest BCUT2D eigenvalue weighted by molar-refractivity contribution is 0.102. The molecular formula is C20H18N2O3S2. The number of anilines is 1. The van der Waals surface area contributed by atoms with Crippen LogP contribution < -0.4 is 5.32 Å². The Morgan fingerprint density at radius 1 is 0.926 bits per heavy atom.